The van der Waals surface area contributed by atoms with Crippen LogP contribution in [0.4, 0.5) is 10.1 Å². The number of amides is 1. The topological polar surface area (TPSA) is 59.8 Å². The summed E-state index contributed by atoms with van der Waals surface area (Å²) in [6.45, 7) is 5.83. The van der Waals surface area contributed by atoms with E-state index in [4.69, 9.17) is 23.2 Å². The molecule has 0 saturated heterocycles. The minimum atomic E-state index is -0.522. The second-order valence-electron chi connectivity index (χ2n) is 6.04. The molecule has 0 saturated carbocycles. The Morgan fingerprint density at radius 2 is 2.03 bits per heavy atom. The number of allylic oxidation sites excluding steroid dienone is 1. The van der Waals surface area contributed by atoms with Crippen LogP contribution in [-0.2, 0) is 11.3 Å². The number of nitrogens with zero attached hydrogens (tertiary/aromatic N) is 3. The number of benzene rings is 2. The van der Waals surface area contributed by atoms with Crippen molar-refractivity contribution in [3.63, 3.8) is 0 Å². The van der Waals surface area contributed by atoms with Gasteiger partial charge in [-0.2, -0.15) is 0 Å². The van der Waals surface area contributed by atoms with Gasteiger partial charge in [0.15, 0.2) is 11.0 Å². The van der Waals surface area contributed by atoms with Crippen molar-refractivity contribution in [3.8, 4) is 11.4 Å². The Labute approximate surface area is 181 Å². The molecule has 0 fully saturated rings. The summed E-state index contributed by atoms with van der Waals surface area (Å²) in [5.74, 6) is -0.307. The van der Waals surface area contributed by atoms with Gasteiger partial charge in [0, 0.05) is 6.54 Å². The monoisotopic (exact) mass is 450 g/mol. The van der Waals surface area contributed by atoms with Crippen molar-refractivity contribution >= 4 is 46.6 Å². The fourth-order valence-corrected chi connectivity index (χ4v) is 3.76. The third-order valence-electron chi connectivity index (χ3n) is 4.00. The number of anilines is 1. The number of carbonyl (C=O) groups is 1. The van der Waals surface area contributed by atoms with Crippen LogP contribution in [-0.4, -0.2) is 25.9 Å². The molecule has 1 aromatic heterocycles. The van der Waals surface area contributed by atoms with E-state index in [2.05, 4.69) is 22.1 Å². The molecule has 9 heteroatoms. The Morgan fingerprint density at radius 3 is 2.76 bits per heavy atom. The molecule has 0 aliphatic rings. The van der Waals surface area contributed by atoms with Crippen LogP contribution in [0.2, 0.25) is 10.0 Å². The first-order valence-corrected chi connectivity index (χ1v) is 10.3. The zero-order valence-corrected chi connectivity index (χ0v) is 17.7. The lowest BCUT2D eigenvalue weighted by atomic mass is 10.2. The standard InChI is InChI=1S/C20H17Cl2FN4OS/c1-3-11-27-18(13-7-4-5-9-15(13)23)25-26-20(27)29-12(2)19(28)24-16-10-6-8-14(21)17(16)22/h3-10,12H,1,11H2,2H3,(H,24,28)/t12-/m1/s1. The molecule has 0 aliphatic heterocycles. The quantitative estimate of drug-likeness (QED) is 0.370. The van der Waals surface area contributed by atoms with Crippen molar-refractivity contribution in [1.82, 2.24) is 14.8 Å². The summed E-state index contributed by atoms with van der Waals surface area (Å²) in [6.07, 6.45) is 1.66. The van der Waals surface area contributed by atoms with E-state index in [1.54, 1.807) is 54.0 Å². The Kier molecular flexibility index (Phi) is 6.95. The summed E-state index contributed by atoms with van der Waals surface area (Å²) in [7, 11) is 0. The predicted octanol–water partition coefficient (Wildman–Crippen LogP) is 5.70. The predicted molar refractivity (Wildman–Crippen MR) is 116 cm³/mol. The van der Waals surface area contributed by atoms with E-state index in [0.717, 1.165) is 0 Å². The second kappa shape index (κ2) is 9.43. The van der Waals surface area contributed by atoms with E-state index in [0.29, 0.717) is 33.8 Å². The molecule has 0 bridgehead atoms. The van der Waals surface area contributed by atoms with E-state index < -0.39 is 11.1 Å². The molecule has 1 amide bonds. The van der Waals surface area contributed by atoms with Crippen LogP contribution < -0.4 is 5.32 Å². The number of thioether (sulfide) groups is 1. The lowest BCUT2D eigenvalue weighted by Crippen LogP contribution is -2.23. The van der Waals surface area contributed by atoms with Crippen molar-refractivity contribution in [2.24, 2.45) is 0 Å². The number of hydrogen-bond acceptors (Lipinski definition) is 4. The van der Waals surface area contributed by atoms with E-state index in [1.165, 1.54) is 17.8 Å². The molecule has 0 aliphatic carbocycles. The maximum atomic E-state index is 14.2. The first kappa shape index (κ1) is 21.4. The Hall–Kier alpha value is -2.35. The Balaban J connectivity index is 1.82. The van der Waals surface area contributed by atoms with Gasteiger partial charge >= 0.3 is 0 Å². The number of halogens is 3. The van der Waals surface area contributed by atoms with E-state index >= 15 is 0 Å². The second-order valence-corrected chi connectivity index (χ2v) is 8.13. The van der Waals surface area contributed by atoms with Gasteiger partial charge in [0.2, 0.25) is 5.91 Å². The normalized spacial score (nSPS) is 11.9. The van der Waals surface area contributed by atoms with E-state index in [-0.39, 0.29) is 10.9 Å². The summed E-state index contributed by atoms with van der Waals surface area (Å²) < 4.78 is 15.9. The van der Waals surface area contributed by atoms with Crippen LogP contribution in [0, 0.1) is 5.82 Å². The number of aromatic nitrogens is 3. The fraction of sp³-hybridized carbons (Fsp3) is 0.150. The van der Waals surface area contributed by atoms with Gasteiger partial charge in [-0.15, -0.1) is 16.8 Å². The average Bonchev–Trinajstić information content (AvgIpc) is 3.08. The van der Waals surface area contributed by atoms with Gasteiger partial charge in [-0.3, -0.25) is 9.36 Å². The summed E-state index contributed by atoms with van der Waals surface area (Å²) in [5, 5.41) is 11.6. The van der Waals surface area contributed by atoms with Gasteiger partial charge in [0.05, 0.1) is 26.5 Å². The number of carbonyl (C=O) groups excluding carboxylic acids is 1. The van der Waals surface area contributed by atoms with Gasteiger partial charge in [0.25, 0.3) is 0 Å². The third kappa shape index (κ3) is 4.80. The molecule has 150 valence electrons. The minimum Gasteiger partial charge on any atom is -0.324 e. The molecule has 0 radical (unpaired) electrons. The van der Waals surface area contributed by atoms with Gasteiger partial charge in [-0.25, -0.2) is 4.39 Å². The first-order chi connectivity index (χ1) is 13.9. The smallest absolute Gasteiger partial charge is 0.237 e. The van der Waals surface area contributed by atoms with Crippen LogP contribution in [0.1, 0.15) is 6.92 Å². The zero-order valence-electron chi connectivity index (χ0n) is 15.4. The van der Waals surface area contributed by atoms with Crippen LogP contribution in [0.15, 0.2) is 60.3 Å². The van der Waals surface area contributed by atoms with Crippen molar-refractivity contribution < 1.29 is 9.18 Å². The van der Waals surface area contributed by atoms with E-state index in [1.807, 2.05) is 0 Å². The summed E-state index contributed by atoms with van der Waals surface area (Å²) in [6, 6.07) is 11.3. The summed E-state index contributed by atoms with van der Waals surface area (Å²) >= 11 is 13.3. The Bertz CT molecular complexity index is 1060. The van der Waals surface area contributed by atoms with E-state index in [9.17, 15) is 9.18 Å². The minimum absolute atomic E-state index is 0.274. The molecule has 0 spiro atoms. The fourth-order valence-electron chi connectivity index (χ4n) is 2.56. The highest BCUT2D eigenvalue weighted by Gasteiger charge is 2.22. The van der Waals surface area contributed by atoms with Crippen molar-refractivity contribution in [3.05, 3.63) is 71.0 Å². The lowest BCUT2D eigenvalue weighted by Gasteiger charge is -2.14. The molecule has 2 aromatic carbocycles. The molecule has 29 heavy (non-hydrogen) atoms. The number of rotatable bonds is 7. The zero-order chi connectivity index (χ0) is 21.0. The van der Waals surface area contributed by atoms with Crippen molar-refractivity contribution in [2.45, 2.75) is 23.9 Å². The molecule has 1 N–H and O–H groups in total. The maximum Gasteiger partial charge on any atom is 0.237 e. The van der Waals surface area contributed by atoms with Crippen LogP contribution >= 0.6 is 35.0 Å². The molecule has 1 heterocycles. The molecule has 5 nitrogen and oxygen atoms in total. The lowest BCUT2D eigenvalue weighted by molar-refractivity contribution is -0.115. The van der Waals surface area contributed by atoms with Crippen LogP contribution in [0.3, 0.4) is 0 Å². The highest BCUT2D eigenvalue weighted by Crippen LogP contribution is 2.32. The van der Waals surface area contributed by atoms with Gasteiger partial charge in [0.1, 0.15) is 5.82 Å². The highest BCUT2D eigenvalue weighted by molar-refractivity contribution is 8.00. The molecule has 3 aromatic rings. The summed E-state index contributed by atoms with van der Waals surface area (Å²) in [5.41, 5.74) is 0.757. The van der Waals surface area contributed by atoms with Gasteiger partial charge in [-0.1, -0.05) is 59.2 Å². The van der Waals surface area contributed by atoms with Gasteiger partial charge in [-0.05, 0) is 31.2 Å². The molecule has 3 rings (SSSR count). The molecular formula is C20H17Cl2FN4OS. The number of hydrogen-bond donors (Lipinski definition) is 1. The summed E-state index contributed by atoms with van der Waals surface area (Å²) in [4.78, 5) is 12.6. The Morgan fingerprint density at radius 1 is 1.28 bits per heavy atom. The maximum absolute atomic E-state index is 14.2. The van der Waals surface area contributed by atoms with Crippen molar-refractivity contribution in [1.29, 1.82) is 0 Å². The van der Waals surface area contributed by atoms with Gasteiger partial charge < -0.3 is 5.32 Å². The third-order valence-corrected chi connectivity index (χ3v) is 5.90. The molecule has 0 unspecified atom stereocenters. The molecular weight excluding hydrogens is 434 g/mol. The van der Waals surface area contributed by atoms with Crippen molar-refractivity contribution in [2.75, 3.05) is 5.32 Å². The largest absolute Gasteiger partial charge is 0.324 e. The van der Waals surface area contributed by atoms with Crippen LogP contribution in [0.5, 0.6) is 0 Å². The highest BCUT2D eigenvalue weighted by atomic mass is 35.5. The number of nitrogens with one attached hydrogen (secondary N) is 1. The first-order valence-electron chi connectivity index (χ1n) is 8.63. The molecule has 1 atom stereocenters. The SMILES string of the molecule is C=CCn1c(S[C@H](C)C(=O)Nc2cccc(Cl)c2Cl)nnc1-c1ccccc1F. The average molecular weight is 451 g/mol. The van der Waals surface area contributed by atoms with Crippen LogP contribution in [0.25, 0.3) is 11.4 Å².